The van der Waals surface area contributed by atoms with E-state index in [0.29, 0.717) is 115 Å². The zero-order valence-corrected chi connectivity index (χ0v) is 45.0. The number of para-hydroxylation sites is 2. The van der Waals surface area contributed by atoms with Crippen molar-refractivity contribution in [3.63, 3.8) is 0 Å². The molecule has 4 aromatic carbocycles. The Morgan fingerprint density at radius 1 is 0.671 bits per heavy atom. The molecule has 0 atom stereocenters. The van der Waals surface area contributed by atoms with Crippen LogP contribution in [0, 0.1) is 24.8 Å². The largest absolute Gasteiger partial charge is 0.434 e. The molecule has 4 aromatic heterocycles. The highest BCUT2D eigenvalue weighted by Crippen LogP contribution is 2.48. The first-order valence-electron chi connectivity index (χ1n) is 25.3. The van der Waals surface area contributed by atoms with Gasteiger partial charge in [-0.25, -0.2) is 28.4 Å². The number of rotatable bonds is 15. The van der Waals surface area contributed by atoms with Gasteiger partial charge in [0.15, 0.2) is 15.3 Å². The van der Waals surface area contributed by atoms with E-state index in [4.69, 9.17) is 36.4 Å². The third-order valence-corrected chi connectivity index (χ3v) is 16.6. The van der Waals surface area contributed by atoms with Gasteiger partial charge in [0.05, 0.1) is 38.6 Å². The second kappa shape index (κ2) is 24.3. The third-order valence-electron chi connectivity index (χ3n) is 13.9. The summed E-state index contributed by atoms with van der Waals surface area (Å²) in [5, 5.41) is 20.2. The maximum absolute atomic E-state index is 14.4. The summed E-state index contributed by atoms with van der Waals surface area (Å²) in [5.41, 5.74) is 3.09. The number of halogens is 7. The van der Waals surface area contributed by atoms with E-state index >= 15 is 0 Å². The van der Waals surface area contributed by atoms with Gasteiger partial charge in [-0.2, -0.15) is 17.6 Å². The quantitative estimate of drug-likeness (QED) is 0.0765. The van der Waals surface area contributed by atoms with Gasteiger partial charge in [-0.1, -0.05) is 34.6 Å². The summed E-state index contributed by atoms with van der Waals surface area (Å²) in [5.74, 6) is 1.35. The van der Waals surface area contributed by atoms with Crippen LogP contribution in [0.15, 0.2) is 85.8 Å². The minimum Gasteiger partial charge on any atom is -0.434 e. The van der Waals surface area contributed by atoms with Gasteiger partial charge in [0.2, 0.25) is 0 Å². The van der Waals surface area contributed by atoms with Crippen molar-refractivity contribution >= 4 is 76.2 Å². The summed E-state index contributed by atoms with van der Waals surface area (Å²) in [6.07, 6.45) is 8.20. The van der Waals surface area contributed by atoms with Crippen LogP contribution in [0.1, 0.15) is 117 Å². The van der Waals surface area contributed by atoms with Crippen LogP contribution in [-0.4, -0.2) is 56.6 Å². The predicted molar refractivity (Wildman–Crippen MR) is 283 cm³/mol. The lowest BCUT2D eigenvalue weighted by atomic mass is 9.83. The Morgan fingerprint density at radius 3 is 1.59 bits per heavy atom. The fourth-order valence-electron chi connectivity index (χ4n) is 9.58. The highest BCUT2D eigenvalue weighted by molar-refractivity contribution is 9.11. The van der Waals surface area contributed by atoms with E-state index in [2.05, 4.69) is 50.6 Å². The van der Waals surface area contributed by atoms with Gasteiger partial charge in [-0.05, 0) is 129 Å². The third kappa shape index (κ3) is 13.1. The van der Waals surface area contributed by atoms with Gasteiger partial charge in [0, 0.05) is 56.3 Å². The van der Waals surface area contributed by atoms with Crippen LogP contribution in [0.2, 0.25) is 0 Å². The number of Topliss-reactive ketones (excluding diaryl/α,β-unsaturated/α-hetero) is 1. The highest BCUT2D eigenvalue weighted by atomic mass is 79.9. The van der Waals surface area contributed by atoms with Crippen LogP contribution in [-0.2, 0) is 33.1 Å². The number of nitrogens with zero attached hydrogens (tertiary/aromatic N) is 6. The van der Waals surface area contributed by atoms with Crippen molar-refractivity contribution in [3.05, 3.63) is 139 Å². The standard InChI is InChI=1S/C28H24F3N3O4S.C20H21F2NO4.C8H2BrFN2S/c1-32-16-12-20(29)24-22(13-16)39-26(33-24)28(35)10-8-17(9-11-28)36-14-19-23(34-38-25(19)15-6-7-15)18-4-2-3-5-21(18)37-27(30)31;21-20(22)26-17-4-2-1-3-15(17)18-16(19(27-23-18)12-5-6-12)11-25-14-9-7-13(24)8-10-14;1-11-4-2-5(10)7-6(3-4)13-8(9)12-7/h2-5,12-13,15,17,27,35H,6-11,14H2;1-4,12,14,20H,5-11H2;2-3H. The van der Waals surface area contributed by atoms with Crippen LogP contribution in [0.3, 0.4) is 0 Å². The zero-order valence-electron chi connectivity index (χ0n) is 41.7. The van der Waals surface area contributed by atoms with Crippen molar-refractivity contribution in [1.29, 1.82) is 0 Å². The molecule has 12 rings (SSSR count). The Bertz CT molecular complexity index is 3570. The molecule has 1 N–H and O–H groups in total. The van der Waals surface area contributed by atoms with Gasteiger partial charge in [-0.15, -0.1) is 22.7 Å². The number of ether oxygens (including phenoxy) is 4. The fraction of sp³-hybridized carbons (Fsp3) is 0.375. The van der Waals surface area contributed by atoms with Crippen LogP contribution in [0.5, 0.6) is 11.5 Å². The first-order valence-corrected chi connectivity index (χ1v) is 27.7. The van der Waals surface area contributed by atoms with Gasteiger partial charge in [-0.3, -0.25) is 4.79 Å². The van der Waals surface area contributed by atoms with Gasteiger partial charge >= 0.3 is 13.2 Å². The molecule has 4 aliphatic carbocycles. The SMILES string of the molecule is O=C1CCC(OCc2c(-c3ccccc3OC(F)F)noc2C2CC2)CC1.[C-]#[N+]c1cc(F)c2nc(Br)sc2c1.[C-]#[N+]c1cc(F)c2nc(C3(O)CCC(OCc4c(-c5ccccc5OC(F)F)noc4C4CC4)CC3)sc2c1. The highest BCUT2D eigenvalue weighted by Gasteiger charge is 2.40. The lowest BCUT2D eigenvalue weighted by molar-refractivity contribution is -0.123. The number of carbonyl (C=O) groups is 1. The molecule has 4 heterocycles. The van der Waals surface area contributed by atoms with Crippen molar-refractivity contribution < 1.29 is 64.2 Å². The minimum atomic E-state index is -2.97. The number of hydrogen-bond acceptors (Lipinski definition) is 14. The summed E-state index contributed by atoms with van der Waals surface area (Å²) in [6, 6.07) is 18.6. The topological polar surface area (TPSA) is 161 Å². The van der Waals surface area contributed by atoms with E-state index in [1.807, 2.05) is 0 Å². The monoisotopic (exact) mass is 1190 g/mol. The minimum absolute atomic E-state index is 0.0166. The molecule has 0 saturated heterocycles. The molecule has 0 aliphatic heterocycles. The van der Waals surface area contributed by atoms with E-state index in [-0.39, 0.29) is 59.8 Å². The summed E-state index contributed by atoms with van der Waals surface area (Å²) in [6.45, 7) is 8.48. The Kier molecular flexibility index (Phi) is 17.1. The van der Waals surface area contributed by atoms with Crippen molar-refractivity contribution in [2.45, 2.75) is 133 Å². The summed E-state index contributed by atoms with van der Waals surface area (Å²) in [4.78, 5) is 26.2. The summed E-state index contributed by atoms with van der Waals surface area (Å²) in [7, 11) is 0. The first-order chi connectivity index (χ1) is 38.2. The molecule has 410 valence electrons. The number of thiazole rings is 2. The van der Waals surface area contributed by atoms with Gasteiger partial charge in [0.1, 0.15) is 73.5 Å². The van der Waals surface area contributed by atoms with Gasteiger partial charge < -0.3 is 33.1 Å². The molecule has 4 aliphatic rings. The van der Waals surface area contributed by atoms with Crippen LogP contribution >= 0.6 is 38.6 Å². The number of aromatic nitrogens is 4. The number of fused-ring (bicyclic) bond motifs is 2. The van der Waals surface area contributed by atoms with Crippen molar-refractivity contribution in [3.8, 4) is 34.0 Å². The number of carbonyl (C=O) groups excluding carboxylic acids is 1. The number of hydrogen-bond donors (Lipinski definition) is 1. The average molecular weight is 1190 g/mol. The molecular weight excluding hydrogens is 1140 g/mol. The predicted octanol–water partition coefficient (Wildman–Crippen LogP) is 16.1. The lowest BCUT2D eigenvalue weighted by Crippen LogP contribution is -2.34. The smallest absolute Gasteiger partial charge is 0.387 e. The summed E-state index contributed by atoms with van der Waals surface area (Å²) >= 11 is 5.69. The molecule has 0 spiro atoms. The fourth-order valence-corrected chi connectivity index (χ4v) is 12.2. The van der Waals surface area contributed by atoms with E-state index in [0.717, 1.165) is 48.6 Å². The maximum atomic E-state index is 14.4. The first kappa shape index (κ1) is 55.6. The molecule has 0 amide bonds. The van der Waals surface area contributed by atoms with E-state index < -0.39 is 30.5 Å². The molecule has 79 heavy (non-hydrogen) atoms. The molecule has 23 heteroatoms. The molecule has 0 bridgehead atoms. The van der Waals surface area contributed by atoms with E-state index in [9.17, 15) is 36.2 Å². The van der Waals surface area contributed by atoms with Crippen molar-refractivity contribution in [1.82, 2.24) is 20.3 Å². The lowest BCUT2D eigenvalue weighted by Gasteiger charge is -2.34. The molecular formula is C56H47BrF6N6O8S2. The molecule has 4 saturated carbocycles. The van der Waals surface area contributed by atoms with Crippen LogP contribution in [0.4, 0.5) is 37.7 Å². The Balaban J connectivity index is 0.000000151. The normalized spacial score (nSPS) is 18.5. The molecule has 4 fully saturated rings. The van der Waals surface area contributed by atoms with Crippen LogP contribution in [0.25, 0.3) is 52.6 Å². The Labute approximate surface area is 464 Å². The zero-order chi connectivity index (χ0) is 55.4. The molecule has 8 aromatic rings. The number of aliphatic hydroxyl groups is 1. The van der Waals surface area contributed by atoms with E-state index in [1.54, 1.807) is 48.5 Å². The molecule has 0 unspecified atom stereocenters. The van der Waals surface area contributed by atoms with E-state index in [1.165, 1.54) is 40.9 Å². The second-order valence-electron chi connectivity index (χ2n) is 19.4. The Hall–Kier alpha value is -6.73. The molecule has 14 nitrogen and oxygen atoms in total. The molecule has 0 radical (unpaired) electrons. The van der Waals surface area contributed by atoms with Crippen molar-refractivity contribution in [2.24, 2.45) is 0 Å². The summed E-state index contributed by atoms with van der Waals surface area (Å²) < 4.78 is 114. The number of alkyl halides is 4. The number of ketones is 1. The second-order valence-corrected chi connectivity index (χ2v) is 22.7. The average Bonchev–Trinajstić information content (AvgIpc) is 4.42. The van der Waals surface area contributed by atoms with Gasteiger partial charge in [0.25, 0.3) is 0 Å². The Morgan fingerprint density at radius 2 is 1.13 bits per heavy atom. The van der Waals surface area contributed by atoms with Crippen LogP contribution < -0.4 is 9.47 Å². The maximum Gasteiger partial charge on any atom is 0.387 e. The number of benzene rings is 4. The van der Waals surface area contributed by atoms with Crippen molar-refractivity contribution in [2.75, 3.05) is 0 Å².